The molecular weight excluding hydrogens is 232 g/mol. The van der Waals surface area contributed by atoms with Gasteiger partial charge in [-0.15, -0.1) is 0 Å². The number of primary amides is 1. The Morgan fingerprint density at radius 1 is 1.44 bits per heavy atom. The van der Waals surface area contributed by atoms with Gasteiger partial charge in [0.2, 0.25) is 0 Å². The average Bonchev–Trinajstić information content (AvgIpc) is 2.35. The van der Waals surface area contributed by atoms with E-state index in [0.29, 0.717) is 24.7 Å². The van der Waals surface area contributed by atoms with Crippen LogP contribution in [-0.2, 0) is 4.74 Å². The van der Waals surface area contributed by atoms with Crippen molar-refractivity contribution in [3.05, 3.63) is 17.8 Å². The Bertz CT molecular complexity index is 396. The van der Waals surface area contributed by atoms with Crippen LogP contribution in [0.4, 0.5) is 11.5 Å². The van der Waals surface area contributed by atoms with Crippen molar-refractivity contribution >= 4 is 17.4 Å². The van der Waals surface area contributed by atoms with Gasteiger partial charge in [0.15, 0.2) is 0 Å². The zero-order chi connectivity index (χ0) is 13.4. The first-order valence-electron chi connectivity index (χ1n) is 6.03. The lowest BCUT2D eigenvalue weighted by Gasteiger charge is -2.09. The lowest BCUT2D eigenvalue weighted by molar-refractivity contribution is 0.0996. The molecule has 100 valence electrons. The zero-order valence-corrected chi connectivity index (χ0v) is 10.6. The summed E-state index contributed by atoms with van der Waals surface area (Å²) in [6, 6.07) is 3.11. The number of nitrogen functional groups attached to an aromatic ring is 1. The molecule has 1 aromatic rings. The predicted molar refractivity (Wildman–Crippen MR) is 71.4 cm³/mol. The largest absolute Gasteiger partial charge is 0.396 e. The summed E-state index contributed by atoms with van der Waals surface area (Å²) < 4.78 is 5.39. The molecule has 0 atom stereocenters. The number of nitrogens with zero attached hydrogens (tertiary/aromatic N) is 1. The molecule has 0 saturated carbocycles. The highest BCUT2D eigenvalue weighted by atomic mass is 16.5. The number of rotatable bonds is 8. The van der Waals surface area contributed by atoms with Crippen LogP contribution >= 0.6 is 0 Å². The van der Waals surface area contributed by atoms with Gasteiger partial charge in [0.05, 0.1) is 12.3 Å². The third-order valence-electron chi connectivity index (χ3n) is 2.36. The van der Waals surface area contributed by atoms with Crippen LogP contribution in [0.25, 0.3) is 0 Å². The molecule has 0 unspecified atom stereocenters. The molecule has 0 aliphatic rings. The molecule has 1 heterocycles. The number of carbonyl (C=O) groups excluding carboxylic acids is 1. The Morgan fingerprint density at radius 2 is 2.22 bits per heavy atom. The summed E-state index contributed by atoms with van der Waals surface area (Å²) in [7, 11) is 0. The highest BCUT2D eigenvalue weighted by Crippen LogP contribution is 2.14. The molecule has 6 nitrogen and oxygen atoms in total. The van der Waals surface area contributed by atoms with Crippen molar-refractivity contribution < 1.29 is 9.53 Å². The minimum Gasteiger partial charge on any atom is -0.396 e. The molecule has 0 radical (unpaired) electrons. The minimum absolute atomic E-state index is 0.193. The monoisotopic (exact) mass is 252 g/mol. The standard InChI is InChI=1S/C12H20N4O2/c1-2-3-7-18-8-6-15-12-9(13)4-5-10(16-12)11(14)17/h4-5H,2-3,6-8,13H2,1H3,(H2,14,17)(H,15,16). The Kier molecular flexibility index (Phi) is 5.93. The first-order chi connectivity index (χ1) is 8.65. The summed E-state index contributed by atoms with van der Waals surface area (Å²) in [5.74, 6) is -0.109. The van der Waals surface area contributed by atoms with Crippen molar-refractivity contribution in [2.75, 3.05) is 30.8 Å². The number of hydrogen-bond acceptors (Lipinski definition) is 5. The van der Waals surface area contributed by atoms with Gasteiger partial charge in [0, 0.05) is 13.2 Å². The fraction of sp³-hybridized carbons (Fsp3) is 0.500. The van der Waals surface area contributed by atoms with Crippen LogP contribution in [0.2, 0.25) is 0 Å². The molecule has 18 heavy (non-hydrogen) atoms. The molecule has 1 amide bonds. The number of nitrogens with one attached hydrogen (secondary N) is 1. The van der Waals surface area contributed by atoms with E-state index in [1.165, 1.54) is 6.07 Å². The van der Waals surface area contributed by atoms with Crippen LogP contribution in [0.3, 0.4) is 0 Å². The van der Waals surface area contributed by atoms with Crippen LogP contribution in [-0.4, -0.2) is 30.6 Å². The van der Waals surface area contributed by atoms with Gasteiger partial charge in [-0.05, 0) is 18.6 Å². The fourth-order valence-electron chi connectivity index (χ4n) is 1.34. The molecule has 0 saturated heterocycles. The number of ether oxygens (including phenoxy) is 1. The third-order valence-corrected chi connectivity index (χ3v) is 2.36. The molecule has 0 fully saturated rings. The summed E-state index contributed by atoms with van der Waals surface area (Å²) in [5, 5.41) is 3.02. The Balaban J connectivity index is 2.41. The van der Waals surface area contributed by atoms with Crippen LogP contribution in [0.5, 0.6) is 0 Å². The normalized spacial score (nSPS) is 10.3. The second kappa shape index (κ2) is 7.50. The summed E-state index contributed by atoms with van der Waals surface area (Å²) >= 11 is 0. The van der Waals surface area contributed by atoms with Gasteiger partial charge in [0.25, 0.3) is 5.91 Å². The quantitative estimate of drug-likeness (QED) is 0.599. The minimum atomic E-state index is -0.572. The van der Waals surface area contributed by atoms with Crippen molar-refractivity contribution in [3.63, 3.8) is 0 Å². The highest BCUT2D eigenvalue weighted by Gasteiger charge is 2.06. The zero-order valence-electron chi connectivity index (χ0n) is 10.6. The fourth-order valence-corrected chi connectivity index (χ4v) is 1.34. The number of nitrogens with two attached hydrogens (primary N) is 2. The predicted octanol–water partition coefficient (Wildman–Crippen LogP) is 0.991. The molecule has 0 bridgehead atoms. The Morgan fingerprint density at radius 3 is 2.89 bits per heavy atom. The maximum absolute atomic E-state index is 11.0. The SMILES string of the molecule is CCCCOCCNc1nc(C(N)=O)ccc1N. The van der Waals surface area contributed by atoms with E-state index in [9.17, 15) is 4.79 Å². The molecule has 0 aromatic carbocycles. The number of unbranched alkanes of at least 4 members (excludes halogenated alkanes) is 1. The molecular formula is C12H20N4O2. The van der Waals surface area contributed by atoms with Crippen LogP contribution in [0, 0.1) is 0 Å². The number of amides is 1. The first-order valence-corrected chi connectivity index (χ1v) is 6.03. The van der Waals surface area contributed by atoms with E-state index in [1.54, 1.807) is 6.07 Å². The maximum Gasteiger partial charge on any atom is 0.267 e. The number of hydrogen-bond donors (Lipinski definition) is 3. The van der Waals surface area contributed by atoms with E-state index in [-0.39, 0.29) is 5.69 Å². The van der Waals surface area contributed by atoms with E-state index >= 15 is 0 Å². The van der Waals surface area contributed by atoms with Crippen molar-refractivity contribution in [3.8, 4) is 0 Å². The van der Waals surface area contributed by atoms with Gasteiger partial charge in [-0.3, -0.25) is 4.79 Å². The van der Waals surface area contributed by atoms with E-state index in [0.717, 1.165) is 19.4 Å². The molecule has 0 aliphatic carbocycles. The van der Waals surface area contributed by atoms with Crippen LogP contribution in [0.1, 0.15) is 30.3 Å². The van der Waals surface area contributed by atoms with Gasteiger partial charge in [0.1, 0.15) is 11.5 Å². The molecule has 1 rings (SSSR count). The highest BCUT2D eigenvalue weighted by molar-refractivity contribution is 5.91. The van der Waals surface area contributed by atoms with Gasteiger partial charge in [-0.25, -0.2) is 4.98 Å². The second-order valence-electron chi connectivity index (χ2n) is 3.89. The van der Waals surface area contributed by atoms with E-state index in [2.05, 4.69) is 17.2 Å². The summed E-state index contributed by atoms with van der Waals surface area (Å²) in [6.45, 7) is 4.02. The topological polar surface area (TPSA) is 103 Å². The summed E-state index contributed by atoms with van der Waals surface area (Å²) in [4.78, 5) is 15.0. The van der Waals surface area contributed by atoms with Crippen LogP contribution in [0.15, 0.2) is 12.1 Å². The number of carbonyl (C=O) groups is 1. The van der Waals surface area contributed by atoms with Crippen molar-refractivity contribution in [1.82, 2.24) is 4.98 Å². The molecule has 0 aliphatic heterocycles. The van der Waals surface area contributed by atoms with Gasteiger partial charge >= 0.3 is 0 Å². The van der Waals surface area contributed by atoms with Crippen LogP contribution < -0.4 is 16.8 Å². The molecule has 5 N–H and O–H groups in total. The van der Waals surface area contributed by atoms with Crippen molar-refractivity contribution in [1.29, 1.82) is 0 Å². The number of pyridine rings is 1. The first kappa shape index (κ1) is 14.2. The van der Waals surface area contributed by atoms with E-state index in [1.807, 2.05) is 0 Å². The lowest BCUT2D eigenvalue weighted by atomic mass is 10.3. The Hall–Kier alpha value is -1.82. The summed E-state index contributed by atoms with van der Waals surface area (Å²) in [6.07, 6.45) is 2.17. The van der Waals surface area contributed by atoms with Gasteiger partial charge < -0.3 is 21.5 Å². The lowest BCUT2D eigenvalue weighted by Crippen LogP contribution is -2.17. The molecule has 1 aromatic heterocycles. The molecule has 6 heteroatoms. The number of aromatic nitrogens is 1. The maximum atomic E-state index is 11.0. The van der Waals surface area contributed by atoms with Crippen molar-refractivity contribution in [2.45, 2.75) is 19.8 Å². The second-order valence-corrected chi connectivity index (χ2v) is 3.89. The average molecular weight is 252 g/mol. The van der Waals surface area contributed by atoms with Crippen molar-refractivity contribution in [2.24, 2.45) is 5.73 Å². The number of anilines is 2. The van der Waals surface area contributed by atoms with E-state index in [4.69, 9.17) is 16.2 Å². The van der Waals surface area contributed by atoms with E-state index < -0.39 is 5.91 Å². The third kappa shape index (κ3) is 4.58. The smallest absolute Gasteiger partial charge is 0.267 e. The summed E-state index contributed by atoms with van der Waals surface area (Å²) in [5.41, 5.74) is 11.6. The van der Waals surface area contributed by atoms with Gasteiger partial charge in [-0.2, -0.15) is 0 Å². The van der Waals surface area contributed by atoms with Gasteiger partial charge in [-0.1, -0.05) is 13.3 Å². The molecule has 0 spiro atoms. The Labute approximate surface area is 107 Å².